The van der Waals surface area contributed by atoms with Gasteiger partial charge in [0.15, 0.2) is 11.6 Å². The number of nitrogens with two attached hydrogens (primary N) is 1. The number of rotatable bonds is 4. The second-order valence-electron chi connectivity index (χ2n) is 5.38. The summed E-state index contributed by atoms with van der Waals surface area (Å²) in [5, 5.41) is 0. The number of benzene rings is 1. The average Bonchev–Trinajstić information content (AvgIpc) is 3.08. The largest absolute Gasteiger partial charge is 0.490 e. The second kappa shape index (κ2) is 3.98. The molecule has 92 valence electrons. The first-order chi connectivity index (χ1) is 8.19. The Balaban J connectivity index is 1.87. The highest BCUT2D eigenvalue weighted by Crippen LogP contribution is 2.44. The number of halogens is 1. The predicted molar refractivity (Wildman–Crippen MR) is 64.3 cm³/mol. The molecule has 3 heteroatoms. The first kappa shape index (κ1) is 11.0. The fourth-order valence-electron chi connectivity index (χ4n) is 2.36. The molecule has 3 rings (SSSR count). The van der Waals surface area contributed by atoms with E-state index in [1.54, 1.807) is 6.07 Å². The summed E-state index contributed by atoms with van der Waals surface area (Å²) in [4.78, 5) is 0. The molecule has 0 bridgehead atoms. The summed E-state index contributed by atoms with van der Waals surface area (Å²) >= 11 is 0. The summed E-state index contributed by atoms with van der Waals surface area (Å²) in [5.41, 5.74) is 6.76. The summed E-state index contributed by atoms with van der Waals surface area (Å²) in [6.07, 6.45) is 5.39. The summed E-state index contributed by atoms with van der Waals surface area (Å²) in [7, 11) is 0. The summed E-state index contributed by atoms with van der Waals surface area (Å²) in [5.74, 6) is 0.735. The van der Waals surface area contributed by atoms with Gasteiger partial charge in [0.2, 0.25) is 0 Å². The fourth-order valence-corrected chi connectivity index (χ4v) is 2.36. The molecule has 0 atom stereocenters. The molecule has 1 aromatic carbocycles. The minimum absolute atomic E-state index is 0.278. The van der Waals surface area contributed by atoms with Crippen LogP contribution in [0.25, 0.3) is 0 Å². The van der Waals surface area contributed by atoms with Crippen molar-refractivity contribution in [2.45, 2.75) is 37.6 Å². The zero-order valence-corrected chi connectivity index (χ0v) is 9.92. The summed E-state index contributed by atoms with van der Waals surface area (Å²) in [6.45, 7) is 0.629. The van der Waals surface area contributed by atoms with Crippen LogP contribution in [0, 0.1) is 11.7 Å². The molecule has 2 N–H and O–H groups in total. The molecule has 2 aliphatic carbocycles. The van der Waals surface area contributed by atoms with Crippen LogP contribution in [-0.2, 0) is 5.54 Å². The highest BCUT2D eigenvalue weighted by Gasteiger charge is 2.37. The first-order valence-corrected chi connectivity index (χ1v) is 6.40. The van der Waals surface area contributed by atoms with Crippen LogP contribution in [0.3, 0.4) is 0 Å². The van der Waals surface area contributed by atoms with Crippen LogP contribution < -0.4 is 10.5 Å². The van der Waals surface area contributed by atoms with Crippen LogP contribution >= 0.6 is 0 Å². The molecule has 0 aliphatic heterocycles. The summed E-state index contributed by atoms with van der Waals surface area (Å²) < 4.78 is 19.5. The lowest BCUT2D eigenvalue weighted by molar-refractivity contribution is 0.226. The third-order valence-corrected chi connectivity index (χ3v) is 3.91. The van der Waals surface area contributed by atoms with Gasteiger partial charge in [-0.25, -0.2) is 4.39 Å². The van der Waals surface area contributed by atoms with Crippen molar-refractivity contribution in [2.75, 3.05) is 6.61 Å². The highest BCUT2D eigenvalue weighted by molar-refractivity contribution is 5.41. The Morgan fingerprint density at radius 2 is 2.12 bits per heavy atom. The van der Waals surface area contributed by atoms with Crippen LogP contribution in [0.5, 0.6) is 5.75 Å². The molecular weight excluding hydrogens is 217 g/mol. The van der Waals surface area contributed by atoms with Crippen molar-refractivity contribution in [3.8, 4) is 5.75 Å². The Bertz CT molecular complexity index is 424. The minimum atomic E-state index is -0.360. The van der Waals surface area contributed by atoms with Gasteiger partial charge in [-0.15, -0.1) is 0 Å². The molecule has 0 heterocycles. The quantitative estimate of drug-likeness (QED) is 0.870. The molecule has 0 amide bonds. The maximum absolute atomic E-state index is 13.8. The Morgan fingerprint density at radius 1 is 1.35 bits per heavy atom. The number of hydrogen-bond acceptors (Lipinski definition) is 2. The van der Waals surface area contributed by atoms with Crippen LogP contribution in [0.15, 0.2) is 18.2 Å². The van der Waals surface area contributed by atoms with E-state index in [-0.39, 0.29) is 11.4 Å². The van der Waals surface area contributed by atoms with Crippen molar-refractivity contribution in [1.29, 1.82) is 0 Å². The van der Waals surface area contributed by atoms with Gasteiger partial charge in [0.25, 0.3) is 0 Å². The maximum atomic E-state index is 13.8. The van der Waals surface area contributed by atoms with E-state index >= 15 is 0 Å². The topological polar surface area (TPSA) is 35.2 Å². The van der Waals surface area contributed by atoms with Crippen LogP contribution in [0.1, 0.15) is 37.7 Å². The minimum Gasteiger partial charge on any atom is -0.490 e. The Labute approximate surface area is 101 Å². The lowest BCUT2D eigenvalue weighted by Crippen LogP contribution is -2.43. The molecule has 0 aromatic heterocycles. The van der Waals surface area contributed by atoms with Gasteiger partial charge in [0.1, 0.15) is 0 Å². The Hall–Kier alpha value is -1.09. The van der Waals surface area contributed by atoms with Gasteiger partial charge in [0, 0.05) is 11.1 Å². The van der Waals surface area contributed by atoms with Gasteiger partial charge in [-0.1, -0.05) is 12.1 Å². The van der Waals surface area contributed by atoms with E-state index in [2.05, 4.69) is 0 Å². The van der Waals surface area contributed by atoms with Gasteiger partial charge in [-0.3, -0.25) is 0 Å². The van der Waals surface area contributed by atoms with Gasteiger partial charge < -0.3 is 10.5 Å². The van der Waals surface area contributed by atoms with Gasteiger partial charge in [-0.2, -0.15) is 0 Å². The van der Waals surface area contributed by atoms with E-state index in [1.807, 2.05) is 6.07 Å². The zero-order valence-electron chi connectivity index (χ0n) is 9.92. The summed E-state index contributed by atoms with van der Waals surface area (Å²) in [6, 6.07) is 5.08. The lowest BCUT2D eigenvalue weighted by atomic mass is 9.72. The van der Waals surface area contributed by atoms with E-state index in [9.17, 15) is 4.39 Å². The number of para-hydroxylation sites is 1. The van der Waals surface area contributed by atoms with E-state index in [4.69, 9.17) is 10.5 Å². The molecule has 1 aromatic rings. The van der Waals surface area contributed by atoms with Crippen LogP contribution in [0.4, 0.5) is 4.39 Å². The van der Waals surface area contributed by atoms with Crippen molar-refractivity contribution in [3.05, 3.63) is 29.6 Å². The molecule has 2 nitrogen and oxygen atoms in total. The molecule has 2 aliphatic rings. The number of ether oxygens (including phenoxy) is 1. The molecular formula is C14H18FNO. The standard InChI is InChI=1S/C14H18FNO/c15-12-4-1-3-11(14(16)7-2-8-14)13(12)17-9-10-5-6-10/h1,3-4,10H,2,5-9,16H2. The molecule has 0 unspecified atom stereocenters. The average molecular weight is 235 g/mol. The van der Waals surface area contributed by atoms with E-state index in [0.717, 1.165) is 24.8 Å². The third-order valence-electron chi connectivity index (χ3n) is 3.91. The van der Waals surface area contributed by atoms with Gasteiger partial charge in [-0.05, 0) is 44.1 Å². The molecule has 2 fully saturated rings. The monoisotopic (exact) mass is 235 g/mol. The fraction of sp³-hybridized carbons (Fsp3) is 0.571. The van der Waals surface area contributed by atoms with E-state index < -0.39 is 0 Å². The van der Waals surface area contributed by atoms with Crippen molar-refractivity contribution in [3.63, 3.8) is 0 Å². The van der Waals surface area contributed by atoms with Crippen molar-refractivity contribution in [1.82, 2.24) is 0 Å². The normalized spacial score (nSPS) is 22.0. The van der Waals surface area contributed by atoms with Crippen molar-refractivity contribution >= 4 is 0 Å². The molecule has 2 saturated carbocycles. The molecule has 0 spiro atoms. The van der Waals surface area contributed by atoms with Crippen LogP contribution in [-0.4, -0.2) is 6.61 Å². The molecule has 0 saturated heterocycles. The van der Waals surface area contributed by atoms with E-state index in [0.29, 0.717) is 18.3 Å². The number of hydrogen-bond donors (Lipinski definition) is 1. The SMILES string of the molecule is NC1(c2cccc(F)c2OCC2CC2)CCC1. The van der Waals surface area contributed by atoms with Gasteiger partial charge in [0.05, 0.1) is 6.61 Å². The molecule has 17 heavy (non-hydrogen) atoms. The third kappa shape index (κ3) is 2.04. The van der Waals surface area contributed by atoms with E-state index in [1.165, 1.54) is 18.9 Å². The van der Waals surface area contributed by atoms with Crippen LogP contribution in [0.2, 0.25) is 0 Å². The smallest absolute Gasteiger partial charge is 0.165 e. The maximum Gasteiger partial charge on any atom is 0.165 e. The lowest BCUT2D eigenvalue weighted by Gasteiger charge is -2.39. The zero-order chi connectivity index (χ0) is 11.9. The molecule has 0 radical (unpaired) electrons. The first-order valence-electron chi connectivity index (χ1n) is 6.40. The van der Waals surface area contributed by atoms with Crippen molar-refractivity contribution in [2.24, 2.45) is 11.7 Å². The van der Waals surface area contributed by atoms with Crippen molar-refractivity contribution < 1.29 is 9.13 Å². The Kier molecular flexibility index (Phi) is 2.58. The van der Waals surface area contributed by atoms with Gasteiger partial charge >= 0.3 is 0 Å². The predicted octanol–water partition coefficient (Wildman–Crippen LogP) is 2.95. The highest BCUT2D eigenvalue weighted by atomic mass is 19.1. The second-order valence-corrected chi connectivity index (χ2v) is 5.38. The Morgan fingerprint density at radius 3 is 2.71 bits per heavy atom.